The average molecular weight is 1340 g/mol. The Kier molecular flexibility index (Phi) is 61.5. The van der Waals surface area contributed by atoms with Crippen LogP contribution in [0.25, 0.3) is 0 Å². The molecule has 0 heterocycles. The summed E-state index contributed by atoms with van der Waals surface area (Å²) in [6.45, 7) is 11.8. The van der Waals surface area contributed by atoms with Crippen LogP contribution in [0.5, 0.6) is 0 Å². The van der Waals surface area contributed by atoms with E-state index >= 15 is 0 Å². The zero-order valence-corrected chi connectivity index (χ0v) is 61.1. The van der Waals surface area contributed by atoms with E-state index in [-0.39, 0.29) is 25.7 Å². The molecule has 540 valence electrons. The maximum absolute atomic E-state index is 13.0. The van der Waals surface area contributed by atoms with Crippen LogP contribution in [0.15, 0.2) is 0 Å². The number of unbranched alkanes of at least 4 members (excludes halogenated alkanes) is 38. The van der Waals surface area contributed by atoms with Gasteiger partial charge in [-0.3, -0.25) is 37.3 Å². The SMILES string of the molecule is CCCCCCCCCCCCCCCCCC(=O)OC[C@H](COP(=O)(O)OC[C@@H](O)COP(=O)(O)OC[C@@H](COC(=O)CCCCCCCCCC(C)C)OC(=O)CCCCCCCCCC(C)C)OC(=O)CCCCCCCCCCCCCCCC(C)C. The van der Waals surface area contributed by atoms with E-state index in [1.807, 2.05) is 0 Å². The smallest absolute Gasteiger partial charge is 0.462 e. The number of aliphatic hydroxyl groups is 1. The molecule has 91 heavy (non-hydrogen) atoms. The number of ether oxygens (including phenoxy) is 4. The predicted molar refractivity (Wildman–Crippen MR) is 368 cm³/mol. The number of rotatable bonds is 70. The Hall–Kier alpha value is -1.94. The lowest BCUT2D eigenvalue weighted by molar-refractivity contribution is -0.161. The molecule has 0 aliphatic rings. The quantitative estimate of drug-likeness (QED) is 0.0222. The molecule has 0 radical (unpaired) electrons. The molecule has 0 rings (SSSR count). The van der Waals surface area contributed by atoms with Gasteiger partial charge in [-0.2, -0.15) is 0 Å². The Balaban J connectivity index is 5.24. The van der Waals surface area contributed by atoms with Crippen molar-refractivity contribution in [2.75, 3.05) is 39.6 Å². The molecule has 0 bridgehead atoms. The summed E-state index contributed by atoms with van der Waals surface area (Å²) in [5, 5.41) is 10.6. The van der Waals surface area contributed by atoms with Crippen molar-refractivity contribution in [3.63, 3.8) is 0 Å². The van der Waals surface area contributed by atoms with E-state index < -0.39 is 97.5 Å². The van der Waals surface area contributed by atoms with Gasteiger partial charge in [0.15, 0.2) is 12.2 Å². The van der Waals surface area contributed by atoms with Gasteiger partial charge in [0.2, 0.25) is 0 Å². The van der Waals surface area contributed by atoms with E-state index in [2.05, 4.69) is 48.5 Å². The van der Waals surface area contributed by atoms with Gasteiger partial charge in [-0.25, -0.2) is 9.13 Å². The number of phosphoric ester groups is 2. The fourth-order valence-electron chi connectivity index (χ4n) is 10.9. The molecule has 5 atom stereocenters. The van der Waals surface area contributed by atoms with Crippen molar-refractivity contribution in [3.05, 3.63) is 0 Å². The highest BCUT2D eigenvalue weighted by atomic mass is 31.2. The lowest BCUT2D eigenvalue weighted by atomic mass is 10.0. The molecule has 0 amide bonds. The monoisotopic (exact) mass is 1340 g/mol. The largest absolute Gasteiger partial charge is 0.472 e. The van der Waals surface area contributed by atoms with Crippen LogP contribution in [0.3, 0.4) is 0 Å². The summed E-state index contributed by atoms with van der Waals surface area (Å²) < 4.78 is 68.3. The minimum atomic E-state index is -4.95. The second kappa shape index (κ2) is 62.8. The standard InChI is InChI=1S/C72H140O17P2/c1-8-9-10-11-12-13-14-15-16-19-22-25-32-39-46-53-69(74)82-59-67(88-71(76)55-48-41-33-26-23-20-17-18-21-24-29-36-43-50-63(2)3)61-86-90(78,79)84-57-66(73)58-85-91(80,81)87-62-68(89-72(77)56-49-42-35-28-31-38-45-52-65(6)7)60-83-70(75)54-47-40-34-27-30-37-44-51-64(4)5/h63-68,73H,8-62H2,1-7H3,(H,78,79)(H,80,81)/t66-,67-,68-/m1/s1. The minimum Gasteiger partial charge on any atom is -0.462 e. The lowest BCUT2D eigenvalue weighted by Crippen LogP contribution is -2.30. The van der Waals surface area contributed by atoms with Gasteiger partial charge >= 0.3 is 39.5 Å². The van der Waals surface area contributed by atoms with Crippen LogP contribution in [0.1, 0.15) is 363 Å². The molecule has 3 N–H and O–H groups in total. The normalized spacial score (nSPS) is 14.2. The first-order chi connectivity index (χ1) is 43.7. The van der Waals surface area contributed by atoms with E-state index in [4.69, 9.17) is 37.0 Å². The molecule has 0 aromatic rings. The van der Waals surface area contributed by atoms with Gasteiger partial charge in [0.05, 0.1) is 26.4 Å². The maximum atomic E-state index is 13.0. The highest BCUT2D eigenvalue weighted by Crippen LogP contribution is 2.45. The molecule has 0 spiro atoms. The van der Waals surface area contributed by atoms with Crippen LogP contribution in [0.2, 0.25) is 0 Å². The summed E-state index contributed by atoms with van der Waals surface area (Å²) in [6.07, 6.45) is 47.4. The molecule has 0 aromatic heterocycles. The van der Waals surface area contributed by atoms with Gasteiger partial charge < -0.3 is 33.8 Å². The van der Waals surface area contributed by atoms with Gasteiger partial charge in [-0.1, -0.05) is 312 Å². The number of carbonyl (C=O) groups is 4. The van der Waals surface area contributed by atoms with Crippen molar-refractivity contribution in [1.82, 2.24) is 0 Å². The molecule has 17 nitrogen and oxygen atoms in total. The first kappa shape index (κ1) is 89.1. The van der Waals surface area contributed by atoms with Gasteiger partial charge in [-0.15, -0.1) is 0 Å². The zero-order valence-electron chi connectivity index (χ0n) is 59.3. The summed E-state index contributed by atoms with van der Waals surface area (Å²) in [7, 11) is -9.90. The summed E-state index contributed by atoms with van der Waals surface area (Å²) in [5.74, 6) is 0.0616. The Morgan fingerprint density at radius 3 is 0.747 bits per heavy atom. The molecular formula is C72H140O17P2. The molecular weight excluding hydrogens is 1200 g/mol. The molecule has 19 heteroatoms. The third-order valence-electron chi connectivity index (χ3n) is 16.6. The van der Waals surface area contributed by atoms with Crippen LogP contribution in [-0.4, -0.2) is 96.7 Å². The number of esters is 4. The average Bonchev–Trinajstić information content (AvgIpc) is 3.31. The summed E-state index contributed by atoms with van der Waals surface area (Å²) in [6, 6.07) is 0. The minimum absolute atomic E-state index is 0.103. The first-order valence-electron chi connectivity index (χ1n) is 37.3. The first-order valence-corrected chi connectivity index (χ1v) is 40.3. The number of carbonyl (C=O) groups excluding carboxylic acids is 4. The number of aliphatic hydroxyl groups excluding tert-OH is 1. The van der Waals surface area contributed by atoms with Crippen LogP contribution in [-0.2, 0) is 65.4 Å². The lowest BCUT2D eigenvalue weighted by Gasteiger charge is -2.21. The van der Waals surface area contributed by atoms with Crippen LogP contribution >= 0.6 is 15.6 Å². The van der Waals surface area contributed by atoms with Gasteiger partial charge in [0.25, 0.3) is 0 Å². The van der Waals surface area contributed by atoms with Crippen molar-refractivity contribution in [2.45, 2.75) is 381 Å². The Morgan fingerprint density at radius 1 is 0.297 bits per heavy atom. The van der Waals surface area contributed by atoms with E-state index in [1.54, 1.807) is 0 Å². The fourth-order valence-corrected chi connectivity index (χ4v) is 12.5. The molecule has 0 saturated carbocycles. The number of hydrogen-bond donors (Lipinski definition) is 3. The highest BCUT2D eigenvalue weighted by molar-refractivity contribution is 7.47. The Bertz CT molecular complexity index is 1780. The summed E-state index contributed by atoms with van der Waals surface area (Å²) >= 11 is 0. The van der Waals surface area contributed by atoms with Crippen molar-refractivity contribution in [3.8, 4) is 0 Å². The van der Waals surface area contributed by atoms with E-state index in [9.17, 15) is 43.2 Å². The maximum Gasteiger partial charge on any atom is 0.472 e. The second-order valence-electron chi connectivity index (χ2n) is 27.4. The van der Waals surface area contributed by atoms with E-state index in [1.165, 1.54) is 167 Å². The molecule has 0 saturated heterocycles. The zero-order chi connectivity index (χ0) is 67.3. The number of phosphoric acid groups is 2. The van der Waals surface area contributed by atoms with Crippen molar-refractivity contribution in [1.29, 1.82) is 0 Å². The van der Waals surface area contributed by atoms with Crippen molar-refractivity contribution >= 4 is 39.5 Å². The predicted octanol–water partition coefficient (Wildman–Crippen LogP) is 20.6. The molecule has 0 aliphatic carbocycles. The molecule has 0 aromatic carbocycles. The Morgan fingerprint density at radius 2 is 0.505 bits per heavy atom. The van der Waals surface area contributed by atoms with Gasteiger partial charge in [-0.05, 0) is 43.4 Å². The van der Waals surface area contributed by atoms with Gasteiger partial charge in [0.1, 0.15) is 19.3 Å². The summed E-state index contributed by atoms with van der Waals surface area (Å²) in [4.78, 5) is 72.6. The van der Waals surface area contributed by atoms with Crippen LogP contribution in [0, 0.1) is 17.8 Å². The third kappa shape index (κ3) is 66.5. The van der Waals surface area contributed by atoms with Crippen LogP contribution in [0.4, 0.5) is 0 Å². The molecule has 0 fully saturated rings. The fraction of sp³-hybridized carbons (Fsp3) is 0.944. The van der Waals surface area contributed by atoms with Crippen LogP contribution < -0.4 is 0 Å². The third-order valence-corrected chi connectivity index (χ3v) is 18.5. The van der Waals surface area contributed by atoms with Crippen molar-refractivity contribution in [2.24, 2.45) is 17.8 Å². The Labute approximate surface area is 556 Å². The highest BCUT2D eigenvalue weighted by Gasteiger charge is 2.30. The van der Waals surface area contributed by atoms with E-state index in [0.29, 0.717) is 37.5 Å². The van der Waals surface area contributed by atoms with E-state index in [0.717, 1.165) is 102 Å². The van der Waals surface area contributed by atoms with Crippen molar-refractivity contribution < 1.29 is 80.2 Å². The molecule has 2 unspecified atom stereocenters. The summed E-state index contributed by atoms with van der Waals surface area (Å²) in [5.41, 5.74) is 0. The molecule has 0 aliphatic heterocycles. The second-order valence-corrected chi connectivity index (χ2v) is 30.3. The topological polar surface area (TPSA) is 237 Å². The number of hydrogen-bond acceptors (Lipinski definition) is 15. The van der Waals surface area contributed by atoms with Gasteiger partial charge in [0, 0.05) is 25.7 Å².